The number of pyridine rings is 1. The first kappa shape index (κ1) is 19.4. The average molecular weight is 435 g/mol. The number of nitriles is 1. The van der Waals surface area contributed by atoms with E-state index in [2.05, 4.69) is 26.4 Å². The zero-order valence-electron chi connectivity index (χ0n) is 16.6. The number of halogens is 1. The van der Waals surface area contributed by atoms with Crippen LogP contribution in [0.3, 0.4) is 0 Å². The highest BCUT2D eigenvalue weighted by Crippen LogP contribution is 2.28. The standard InChI is InChI=1S/C22H19ClN6O2/c23-16-2-3-20-15(7-16)8-17(13-31-20)26-22(30)19-9-18-12-28(5-6-29(18)27-19)21-4-1-14(10-24)11-25-21/h1-4,7,9,11,17H,5-6,8,12-13H2,(H,26,30)/t17-/m1/s1. The molecule has 0 saturated carbocycles. The van der Waals surface area contributed by atoms with E-state index in [9.17, 15) is 4.79 Å². The number of carbonyl (C=O) groups excluding carboxylic acids is 1. The van der Waals surface area contributed by atoms with Gasteiger partial charge >= 0.3 is 0 Å². The Morgan fingerprint density at radius 2 is 2.16 bits per heavy atom. The summed E-state index contributed by atoms with van der Waals surface area (Å²) >= 11 is 6.08. The predicted octanol–water partition coefficient (Wildman–Crippen LogP) is 2.56. The zero-order valence-corrected chi connectivity index (χ0v) is 17.3. The Hall–Kier alpha value is -3.57. The minimum atomic E-state index is -0.218. The van der Waals surface area contributed by atoms with Crippen molar-refractivity contribution in [1.29, 1.82) is 5.26 Å². The largest absolute Gasteiger partial charge is 0.491 e. The highest BCUT2D eigenvalue weighted by molar-refractivity contribution is 6.30. The molecule has 3 aromatic rings. The van der Waals surface area contributed by atoms with Crippen LogP contribution in [0.25, 0.3) is 0 Å². The molecule has 156 valence electrons. The number of ether oxygens (including phenoxy) is 1. The van der Waals surface area contributed by atoms with Crippen molar-refractivity contribution in [3.05, 3.63) is 70.1 Å². The van der Waals surface area contributed by atoms with Gasteiger partial charge in [-0.2, -0.15) is 10.4 Å². The Balaban J connectivity index is 1.26. The molecule has 2 aromatic heterocycles. The maximum Gasteiger partial charge on any atom is 0.272 e. The zero-order chi connectivity index (χ0) is 21.4. The van der Waals surface area contributed by atoms with Gasteiger partial charge in [-0.15, -0.1) is 0 Å². The number of hydrogen-bond donors (Lipinski definition) is 1. The van der Waals surface area contributed by atoms with Crippen LogP contribution in [0.2, 0.25) is 5.02 Å². The lowest BCUT2D eigenvalue weighted by atomic mass is 10.0. The molecule has 5 rings (SSSR count). The van der Waals surface area contributed by atoms with Crippen LogP contribution in [0.15, 0.2) is 42.6 Å². The smallest absolute Gasteiger partial charge is 0.272 e. The van der Waals surface area contributed by atoms with Crippen LogP contribution in [0.1, 0.15) is 27.3 Å². The summed E-state index contributed by atoms with van der Waals surface area (Å²) < 4.78 is 7.62. The van der Waals surface area contributed by atoms with Crippen molar-refractivity contribution in [2.45, 2.75) is 25.6 Å². The summed E-state index contributed by atoms with van der Waals surface area (Å²) in [5, 5.41) is 17.1. The molecular formula is C22H19ClN6O2. The van der Waals surface area contributed by atoms with Crippen molar-refractivity contribution in [2.24, 2.45) is 0 Å². The fraction of sp³-hybridized carbons (Fsp3) is 0.273. The van der Waals surface area contributed by atoms with E-state index in [4.69, 9.17) is 21.6 Å². The molecule has 1 aromatic carbocycles. The Morgan fingerprint density at radius 1 is 1.26 bits per heavy atom. The van der Waals surface area contributed by atoms with Crippen LogP contribution in [0.4, 0.5) is 5.82 Å². The van der Waals surface area contributed by atoms with E-state index in [0.29, 0.717) is 42.4 Å². The van der Waals surface area contributed by atoms with E-state index in [0.717, 1.165) is 29.4 Å². The van der Waals surface area contributed by atoms with Gasteiger partial charge in [-0.3, -0.25) is 9.48 Å². The van der Waals surface area contributed by atoms with Gasteiger partial charge in [0.15, 0.2) is 5.69 Å². The highest BCUT2D eigenvalue weighted by atomic mass is 35.5. The van der Waals surface area contributed by atoms with Crippen LogP contribution in [-0.2, 0) is 19.5 Å². The SMILES string of the molecule is N#Cc1ccc(N2CCn3nc(C(=O)N[C@H]4COc5ccc(Cl)cc5C4)cc3C2)nc1. The second-order valence-electron chi connectivity index (χ2n) is 7.62. The van der Waals surface area contributed by atoms with E-state index >= 15 is 0 Å². The van der Waals surface area contributed by atoms with Gasteiger partial charge in [0, 0.05) is 17.8 Å². The van der Waals surface area contributed by atoms with Crippen LogP contribution >= 0.6 is 11.6 Å². The maximum absolute atomic E-state index is 12.8. The first-order valence-electron chi connectivity index (χ1n) is 9.99. The van der Waals surface area contributed by atoms with Gasteiger partial charge in [0.25, 0.3) is 5.91 Å². The van der Waals surface area contributed by atoms with Crippen molar-refractivity contribution in [3.63, 3.8) is 0 Å². The van der Waals surface area contributed by atoms with Gasteiger partial charge in [-0.25, -0.2) is 4.98 Å². The molecule has 0 bridgehead atoms. The van der Waals surface area contributed by atoms with E-state index in [1.807, 2.05) is 28.9 Å². The van der Waals surface area contributed by atoms with Gasteiger partial charge < -0.3 is 15.0 Å². The number of amides is 1. The van der Waals surface area contributed by atoms with Crippen LogP contribution in [0.5, 0.6) is 5.75 Å². The first-order chi connectivity index (χ1) is 15.1. The molecular weight excluding hydrogens is 416 g/mol. The number of hydrogen-bond acceptors (Lipinski definition) is 6. The van der Waals surface area contributed by atoms with Gasteiger partial charge in [0.1, 0.15) is 24.2 Å². The van der Waals surface area contributed by atoms with Crippen molar-refractivity contribution < 1.29 is 9.53 Å². The molecule has 1 amide bonds. The summed E-state index contributed by atoms with van der Waals surface area (Å²) in [5.41, 5.74) is 2.85. The molecule has 0 saturated heterocycles. The average Bonchev–Trinajstić information content (AvgIpc) is 3.22. The Morgan fingerprint density at radius 3 is 2.97 bits per heavy atom. The third-order valence-electron chi connectivity index (χ3n) is 5.50. The summed E-state index contributed by atoms with van der Waals surface area (Å²) in [6.45, 7) is 2.38. The minimum absolute atomic E-state index is 0.142. The second kappa shape index (κ2) is 7.93. The molecule has 0 spiro atoms. The van der Waals surface area contributed by atoms with E-state index in [-0.39, 0.29) is 11.9 Å². The van der Waals surface area contributed by atoms with Gasteiger partial charge in [0.2, 0.25) is 0 Å². The molecule has 4 heterocycles. The lowest BCUT2D eigenvalue weighted by Gasteiger charge is -2.28. The molecule has 0 radical (unpaired) electrons. The minimum Gasteiger partial charge on any atom is -0.491 e. The number of aromatic nitrogens is 3. The van der Waals surface area contributed by atoms with E-state index in [1.165, 1.54) is 0 Å². The first-order valence-corrected chi connectivity index (χ1v) is 10.4. The fourth-order valence-electron chi connectivity index (χ4n) is 3.93. The van der Waals surface area contributed by atoms with Gasteiger partial charge in [-0.05, 0) is 48.4 Å². The molecule has 0 aliphatic carbocycles. The van der Waals surface area contributed by atoms with Crippen LogP contribution in [0, 0.1) is 11.3 Å². The molecule has 2 aliphatic rings. The lowest BCUT2D eigenvalue weighted by Crippen LogP contribution is -2.42. The summed E-state index contributed by atoms with van der Waals surface area (Å²) in [4.78, 5) is 19.3. The normalized spacial score (nSPS) is 17.2. The van der Waals surface area contributed by atoms with Crippen LogP contribution < -0.4 is 15.0 Å². The summed E-state index contributed by atoms with van der Waals surface area (Å²) in [7, 11) is 0. The molecule has 1 atom stereocenters. The molecule has 1 N–H and O–H groups in total. The summed E-state index contributed by atoms with van der Waals surface area (Å²) in [6, 6.07) is 12.9. The Bertz CT molecular complexity index is 1180. The summed E-state index contributed by atoms with van der Waals surface area (Å²) in [6.07, 6.45) is 2.23. The number of carbonyl (C=O) groups is 1. The topological polar surface area (TPSA) is 96.1 Å². The molecule has 8 nitrogen and oxygen atoms in total. The maximum atomic E-state index is 12.8. The van der Waals surface area contributed by atoms with E-state index < -0.39 is 0 Å². The Kier molecular flexibility index (Phi) is 4.96. The number of nitrogens with zero attached hydrogens (tertiary/aromatic N) is 5. The van der Waals surface area contributed by atoms with Crippen molar-refractivity contribution >= 4 is 23.3 Å². The molecule has 9 heteroatoms. The lowest BCUT2D eigenvalue weighted by molar-refractivity contribution is 0.0909. The van der Waals surface area contributed by atoms with Crippen molar-refractivity contribution in [2.75, 3.05) is 18.1 Å². The van der Waals surface area contributed by atoms with Gasteiger partial charge in [-0.1, -0.05) is 11.6 Å². The number of nitrogens with one attached hydrogen (secondary N) is 1. The molecule has 31 heavy (non-hydrogen) atoms. The second-order valence-corrected chi connectivity index (χ2v) is 8.06. The highest BCUT2D eigenvalue weighted by Gasteiger charge is 2.25. The van der Waals surface area contributed by atoms with Crippen molar-refractivity contribution in [1.82, 2.24) is 20.1 Å². The molecule has 0 unspecified atom stereocenters. The third-order valence-corrected chi connectivity index (χ3v) is 5.73. The predicted molar refractivity (Wildman–Crippen MR) is 114 cm³/mol. The fourth-order valence-corrected chi connectivity index (χ4v) is 4.12. The monoisotopic (exact) mass is 434 g/mol. The van der Waals surface area contributed by atoms with Crippen LogP contribution in [-0.4, -0.2) is 39.9 Å². The number of benzene rings is 1. The van der Waals surface area contributed by atoms with E-state index in [1.54, 1.807) is 18.3 Å². The van der Waals surface area contributed by atoms with Crippen molar-refractivity contribution in [3.8, 4) is 11.8 Å². The number of rotatable bonds is 3. The molecule has 0 fully saturated rings. The third kappa shape index (κ3) is 3.92. The quantitative estimate of drug-likeness (QED) is 0.680. The number of fused-ring (bicyclic) bond motifs is 2. The Labute approximate surface area is 184 Å². The summed E-state index contributed by atoms with van der Waals surface area (Å²) in [5.74, 6) is 1.39. The van der Waals surface area contributed by atoms with Gasteiger partial charge in [0.05, 0.1) is 30.4 Å². The number of anilines is 1. The molecule has 2 aliphatic heterocycles.